The molecule has 4 heterocycles. The molecule has 0 radical (unpaired) electrons. The van der Waals surface area contributed by atoms with Crippen molar-refractivity contribution in [3.63, 3.8) is 0 Å². The number of rotatable bonds is 6. The van der Waals surface area contributed by atoms with Gasteiger partial charge in [-0.1, -0.05) is 6.07 Å². The van der Waals surface area contributed by atoms with Crippen LogP contribution in [0.4, 0.5) is 24.9 Å². The third kappa shape index (κ3) is 6.15. The lowest BCUT2D eigenvalue weighted by molar-refractivity contribution is -0.162. The second-order valence-electron chi connectivity index (χ2n) is 8.85. The number of amides is 1. The number of nitrogens with one attached hydrogen (secondary N) is 2. The van der Waals surface area contributed by atoms with Crippen LogP contribution in [0.5, 0.6) is 5.88 Å². The average molecular weight is 512 g/mol. The molecule has 0 spiro atoms. The number of H-pyrrole nitrogens is 1. The SMILES string of the molecule is O=C(CC(F)(F)F)N1CCN(Cc2ccnc(Nc3nc4ccc(-c5ccc(O)nc5)cc4[nH]3)c2)CC1. The molecule has 1 aliphatic rings. The van der Waals surface area contributed by atoms with Gasteiger partial charge in [-0.15, -0.1) is 0 Å². The molecule has 0 saturated carbocycles. The maximum Gasteiger partial charge on any atom is 0.397 e. The highest BCUT2D eigenvalue weighted by atomic mass is 19.4. The van der Waals surface area contributed by atoms with Crippen LogP contribution in [-0.4, -0.2) is 73.1 Å². The fraction of sp³-hybridized carbons (Fsp3) is 0.280. The number of nitrogens with zero attached hydrogens (tertiary/aromatic N) is 5. The molecule has 0 unspecified atom stereocenters. The van der Waals surface area contributed by atoms with E-state index in [0.717, 1.165) is 27.7 Å². The van der Waals surface area contributed by atoms with E-state index in [1.165, 1.54) is 11.0 Å². The first-order valence-electron chi connectivity index (χ1n) is 11.7. The van der Waals surface area contributed by atoms with Crippen LogP contribution in [0.3, 0.4) is 0 Å². The van der Waals surface area contributed by atoms with E-state index in [9.17, 15) is 23.1 Å². The zero-order valence-electron chi connectivity index (χ0n) is 19.7. The molecule has 9 nitrogen and oxygen atoms in total. The lowest BCUT2D eigenvalue weighted by Crippen LogP contribution is -2.49. The summed E-state index contributed by atoms with van der Waals surface area (Å²) >= 11 is 0. The largest absolute Gasteiger partial charge is 0.493 e. The van der Waals surface area contributed by atoms with Crippen LogP contribution in [0.2, 0.25) is 0 Å². The number of hydrogen-bond acceptors (Lipinski definition) is 7. The number of pyridine rings is 2. The third-order valence-electron chi connectivity index (χ3n) is 6.12. The molecule has 5 rings (SSSR count). The van der Waals surface area contributed by atoms with E-state index in [0.29, 0.717) is 31.4 Å². The van der Waals surface area contributed by atoms with Gasteiger partial charge in [-0.25, -0.2) is 15.0 Å². The quantitative estimate of drug-likeness (QED) is 0.358. The van der Waals surface area contributed by atoms with Crippen LogP contribution in [0.15, 0.2) is 54.9 Å². The number of halogens is 3. The second kappa shape index (κ2) is 10.1. The van der Waals surface area contributed by atoms with E-state index in [1.807, 2.05) is 30.3 Å². The van der Waals surface area contributed by atoms with Crippen molar-refractivity contribution < 1.29 is 23.1 Å². The number of alkyl halides is 3. The molecular weight excluding hydrogens is 487 g/mol. The van der Waals surface area contributed by atoms with Crippen molar-refractivity contribution in [3.05, 3.63) is 60.4 Å². The number of imidazole rings is 1. The van der Waals surface area contributed by atoms with E-state index >= 15 is 0 Å². The van der Waals surface area contributed by atoms with Crippen LogP contribution < -0.4 is 5.32 Å². The van der Waals surface area contributed by atoms with Crippen molar-refractivity contribution in [2.24, 2.45) is 0 Å². The van der Waals surface area contributed by atoms with E-state index in [4.69, 9.17) is 0 Å². The molecule has 1 fully saturated rings. The summed E-state index contributed by atoms with van der Waals surface area (Å²) in [7, 11) is 0. The standard InChI is InChI=1S/C25H24F3N7O2/c26-25(27,28)13-23(37)35-9-7-34(8-10-35)15-16-5-6-29-21(11-16)33-24-31-19-3-1-17(12-20(19)32-24)18-2-4-22(36)30-14-18/h1-6,11-12,14H,7-10,13,15H2,(H,30,36)(H2,29,31,32,33). The summed E-state index contributed by atoms with van der Waals surface area (Å²) in [4.78, 5) is 31.3. The van der Waals surface area contributed by atoms with Crippen LogP contribution >= 0.6 is 0 Å². The number of aromatic amines is 1. The van der Waals surface area contributed by atoms with E-state index in [1.54, 1.807) is 18.5 Å². The van der Waals surface area contributed by atoms with E-state index in [2.05, 4.69) is 30.2 Å². The van der Waals surface area contributed by atoms with Gasteiger partial charge in [0.25, 0.3) is 0 Å². The number of aromatic nitrogens is 4. The molecule has 4 aromatic rings. The number of piperazine rings is 1. The Morgan fingerprint density at radius 2 is 1.81 bits per heavy atom. The molecule has 1 saturated heterocycles. The molecule has 0 atom stereocenters. The van der Waals surface area contributed by atoms with Crippen LogP contribution in [-0.2, 0) is 11.3 Å². The Bertz CT molecular complexity index is 1400. The minimum absolute atomic E-state index is 0.0362. The number of anilines is 2. The normalized spacial score (nSPS) is 14.7. The fourth-order valence-electron chi connectivity index (χ4n) is 4.26. The topological polar surface area (TPSA) is 110 Å². The van der Waals surface area contributed by atoms with Crippen molar-refractivity contribution in [1.82, 2.24) is 29.7 Å². The Balaban J connectivity index is 1.21. The van der Waals surface area contributed by atoms with Gasteiger partial charge in [-0.3, -0.25) is 9.69 Å². The summed E-state index contributed by atoms with van der Waals surface area (Å²) < 4.78 is 37.5. The summed E-state index contributed by atoms with van der Waals surface area (Å²) in [5.74, 6) is 0.210. The monoisotopic (exact) mass is 511 g/mol. The molecule has 3 N–H and O–H groups in total. The number of carbonyl (C=O) groups is 1. The zero-order valence-corrected chi connectivity index (χ0v) is 19.7. The van der Waals surface area contributed by atoms with Crippen LogP contribution in [0.25, 0.3) is 22.2 Å². The summed E-state index contributed by atoms with van der Waals surface area (Å²) in [6.45, 7) is 2.12. The highest BCUT2D eigenvalue weighted by Crippen LogP contribution is 2.26. The van der Waals surface area contributed by atoms with E-state index in [-0.39, 0.29) is 19.0 Å². The molecule has 3 aromatic heterocycles. The van der Waals surface area contributed by atoms with Crippen LogP contribution in [0, 0.1) is 0 Å². The first kappa shape index (κ1) is 24.5. The highest BCUT2D eigenvalue weighted by molar-refractivity contribution is 5.83. The van der Waals surface area contributed by atoms with Gasteiger partial charge in [0, 0.05) is 56.7 Å². The van der Waals surface area contributed by atoms with Gasteiger partial charge < -0.3 is 20.3 Å². The number of aromatic hydroxyl groups is 1. The van der Waals surface area contributed by atoms with Gasteiger partial charge >= 0.3 is 6.18 Å². The third-order valence-corrected chi connectivity index (χ3v) is 6.12. The number of hydrogen-bond donors (Lipinski definition) is 3. The molecule has 1 aliphatic heterocycles. The van der Waals surface area contributed by atoms with Gasteiger partial charge in [-0.2, -0.15) is 13.2 Å². The lowest BCUT2D eigenvalue weighted by Gasteiger charge is -2.35. The van der Waals surface area contributed by atoms with Gasteiger partial charge in [-0.05, 0) is 41.5 Å². The Labute approximate surface area is 210 Å². The summed E-state index contributed by atoms with van der Waals surface area (Å²) in [6.07, 6.45) is -2.62. The minimum Gasteiger partial charge on any atom is -0.493 e. The first-order chi connectivity index (χ1) is 17.7. The van der Waals surface area contributed by atoms with E-state index < -0.39 is 18.5 Å². The van der Waals surface area contributed by atoms with Crippen molar-refractivity contribution in [2.45, 2.75) is 19.1 Å². The Morgan fingerprint density at radius 3 is 2.54 bits per heavy atom. The summed E-state index contributed by atoms with van der Waals surface area (Å²) in [5.41, 5.74) is 4.36. The average Bonchev–Trinajstić information content (AvgIpc) is 3.25. The molecule has 12 heteroatoms. The van der Waals surface area contributed by atoms with Crippen molar-refractivity contribution in [1.29, 1.82) is 0 Å². The van der Waals surface area contributed by atoms with Crippen molar-refractivity contribution >= 4 is 28.7 Å². The van der Waals surface area contributed by atoms with Gasteiger partial charge in [0.1, 0.15) is 12.2 Å². The molecule has 0 aliphatic carbocycles. The smallest absolute Gasteiger partial charge is 0.397 e. The van der Waals surface area contributed by atoms with Gasteiger partial charge in [0.15, 0.2) is 0 Å². The maximum absolute atomic E-state index is 12.5. The van der Waals surface area contributed by atoms with Crippen molar-refractivity contribution in [2.75, 3.05) is 31.5 Å². The molecule has 1 amide bonds. The lowest BCUT2D eigenvalue weighted by atomic mass is 10.1. The van der Waals surface area contributed by atoms with Crippen LogP contribution in [0.1, 0.15) is 12.0 Å². The first-order valence-corrected chi connectivity index (χ1v) is 11.7. The Hall–Kier alpha value is -4.19. The van der Waals surface area contributed by atoms with Gasteiger partial charge in [0.2, 0.25) is 17.7 Å². The number of benzene rings is 1. The Kier molecular flexibility index (Phi) is 6.66. The number of fused-ring (bicyclic) bond motifs is 1. The summed E-state index contributed by atoms with van der Waals surface area (Å²) in [5, 5.41) is 12.6. The highest BCUT2D eigenvalue weighted by Gasteiger charge is 2.34. The molecule has 1 aromatic carbocycles. The molecule has 192 valence electrons. The second-order valence-corrected chi connectivity index (χ2v) is 8.85. The van der Waals surface area contributed by atoms with Crippen molar-refractivity contribution in [3.8, 4) is 17.0 Å². The minimum atomic E-state index is -4.49. The number of carbonyl (C=O) groups excluding carboxylic acids is 1. The fourth-order valence-corrected chi connectivity index (χ4v) is 4.26. The zero-order chi connectivity index (χ0) is 26.0. The Morgan fingerprint density at radius 1 is 1.03 bits per heavy atom. The predicted molar refractivity (Wildman–Crippen MR) is 131 cm³/mol. The molecule has 0 bridgehead atoms. The van der Waals surface area contributed by atoms with Gasteiger partial charge in [0.05, 0.1) is 11.0 Å². The molecular formula is C25H24F3N7O2. The maximum atomic E-state index is 12.5. The predicted octanol–water partition coefficient (Wildman–Crippen LogP) is 4.07. The summed E-state index contributed by atoms with van der Waals surface area (Å²) in [6, 6.07) is 12.9. The molecule has 37 heavy (non-hydrogen) atoms.